The number of nitrogens with zero attached hydrogens (tertiary/aromatic N) is 5. The number of likely N-dealkylation sites (tertiary alicyclic amines) is 1. The molecule has 0 aromatic carbocycles. The highest BCUT2D eigenvalue weighted by atomic mass is 16.6. The summed E-state index contributed by atoms with van der Waals surface area (Å²) in [6.45, 7) is 10.5. The first-order valence-electron chi connectivity index (χ1n) is 10.3. The molecule has 0 aliphatic carbocycles. The summed E-state index contributed by atoms with van der Waals surface area (Å²) in [5.74, 6) is 2.21. The summed E-state index contributed by atoms with van der Waals surface area (Å²) in [6.07, 6.45) is 1.36. The normalized spacial score (nSPS) is 18.9. The molecule has 2 aromatic heterocycles. The van der Waals surface area contributed by atoms with Gasteiger partial charge in [-0.1, -0.05) is 0 Å². The van der Waals surface area contributed by atoms with E-state index >= 15 is 0 Å². The van der Waals surface area contributed by atoms with Gasteiger partial charge in [0.25, 0.3) is 0 Å². The minimum absolute atomic E-state index is 0.175. The van der Waals surface area contributed by atoms with E-state index in [0.717, 1.165) is 36.8 Å². The third kappa shape index (κ3) is 4.92. The van der Waals surface area contributed by atoms with Crippen LogP contribution in [-0.2, 0) is 4.74 Å². The molecule has 2 N–H and O–H groups in total. The molecule has 30 heavy (non-hydrogen) atoms. The summed E-state index contributed by atoms with van der Waals surface area (Å²) in [7, 11) is 0. The zero-order valence-corrected chi connectivity index (χ0v) is 17.9. The zero-order chi connectivity index (χ0) is 21.3. The fourth-order valence-electron chi connectivity index (χ4n) is 3.33. The van der Waals surface area contributed by atoms with Gasteiger partial charge in [0.05, 0.1) is 12.2 Å². The van der Waals surface area contributed by atoms with Crippen LogP contribution in [0.1, 0.15) is 39.3 Å². The monoisotopic (exact) mass is 415 g/mol. The van der Waals surface area contributed by atoms with Gasteiger partial charge in [-0.3, -0.25) is 5.10 Å². The first-order chi connectivity index (χ1) is 14.2. The third-order valence-electron chi connectivity index (χ3n) is 4.91. The zero-order valence-electron chi connectivity index (χ0n) is 17.9. The molecule has 2 saturated heterocycles. The number of aryl methyl sites for hydroxylation is 1. The van der Waals surface area contributed by atoms with Gasteiger partial charge in [0.15, 0.2) is 0 Å². The maximum absolute atomic E-state index is 12.3. The Morgan fingerprint density at radius 3 is 2.67 bits per heavy atom. The van der Waals surface area contributed by atoms with Crippen molar-refractivity contribution in [2.24, 2.45) is 0 Å². The van der Waals surface area contributed by atoms with Crippen LogP contribution in [0.3, 0.4) is 0 Å². The molecule has 0 spiro atoms. The van der Waals surface area contributed by atoms with Crippen molar-refractivity contribution in [3.63, 3.8) is 0 Å². The van der Waals surface area contributed by atoms with Crippen LogP contribution in [0.25, 0.3) is 0 Å². The molecule has 1 atom stereocenters. The molecular formula is C20H29N7O3. The maximum Gasteiger partial charge on any atom is 0.410 e. The Balaban J connectivity index is 1.45. The van der Waals surface area contributed by atoms with Gasteiger partial charge in [0, 0.05) is 38.2 Å². The number of carbonyl (C=O) groups is 1. The number of hydrogen-bond acceptors (Lipinski definition) is 8. The maximum atomic E-state index is 12.3. The summed E-state index contributed by atoms with van der Waals surface area (Å²) in [5.41, 5.74) is 0.371. The predicted octanol–water partition coefficient (Wildman–Crippen LogP) is 2.85. The number of anilines is 3. The van der Waals surface area contributed by atoms with E-state index in [9.17, 15) is 4.79 Å². The van der Waals surface area contributed by atoms with Crippen molar-refractivity contribution in [1.29, 1.82) is 0 Å². The second-order valence-electron chi connectivity index (χ2n) is 8.74. The number of ether oxygens (including phenoxy) is 2. The number of aromatic amines is 1. The molecule has 10 nitrogen and oxygen atoms in total. The fraction of sp³-hybridized carbons (Fsp3) is 0.600. The van der Waals surface area contributed by atoms with Crippen molar-refractivity contribution in [3.05, 3.63) is 17.8 Å². The van der Waals surface area contributed by atoms with Gasteiger partial charge >= 0.3 is 12.1 Å². The lowest BCUT2D eigenvalue weighted by Crippen LogP contribution is -2.38. The van der Waals surface area contributed by atoms with Crippen LogP contribution in [0.2, 0.25) is 0 Å². The Hall–Kier alpha value is -3.04. The average molecular weight is 415 g/mol. The number of H-pyrrole nitrogens is 1. The summed E-state index contributed by atoms with van der Waals surface area (Å²) in [6, 6.07) is 4.11. The molecule has 2 fully saturated rings. The Labute approximate surface area is 176 Å². The van der Waals surface area contributed by atoms with E-state index in [4.69, 9.17) is 9.47 Å². The predicted molar refractivity (Wildman–Crippen MR) is 112 cm³/mol. The highest BCUT2D eigenvalue weighted by Gasteiger charge is 2.31. The van der Waals surface area contributed by atoms with Crippen LogP contribution in [-0.4, -0.2) is 69.0 Å². The Morgan fingerprint density at radius 2 is 2.03 bits per heavy atom. The van der Waals surface area contributed by atoms with E-state index in [0.29, 0.717) is 31.3 Å². The number of amides is 1. The Bertz CT molecular complexity index is 904. The SMILES string of the molecule is Cc1cc(Nc2cc(N3CCC3)nc(OC3CCN(C(=O)OC(C)(C)C)C3)n2)[nH]n1. The van der Waals surface area contributed by atoms with Crippen LogP contribution in [0.4, 0.5) is 22.2 Å². The second kappa shape index (κ2) is 8.00. The molecule has 4 heterocycles. The lowest BCUT2D eigenvalue weighted by Gasteiger charge is -2.32. The minimum Gasteiger partial charge on any atom is -0.458 e. The molecule has 4 rings (SSSR count). The molecule has 2 aliphatic rings. The number of carbonyl (C=O) groups excluding carboxylic acids is 1. The highest BCUT2D eigenvalue weighted by Crippen LogP contribution is 2.26. The standard InChI is InChI=1S/C20H29N7O3/c1-13-10-16(25-24-13)21-15-11-17(26-7-5-8-26)23-18(22-15)29-14-6-9-27(12-14)19(28)30-20(2,3)4/h10-11,14H,5-9,12H2,1-4H3,(H2,21,22,23,24,25). The first-order valence-corrected chi connectivity index (χ1v) is 10.3. The molecule has 1 unspecified atom stereocenters. The van der Waals surface area contributed by atoms with Gasteiger partial charge in [-0.05, 0) is 34.1 Å². The van der Waals surface area contributed by atoms with Crippen molar-refractivity contribution in [2.45, 2.75) is 52.2 Å². The largest absolute Gasteiger partial charge is 0.458 e. The minimum atomic E-state index is -0.518. The van der Waals surface area contributed by atoms with E-state index < -0.39 is 5.60 Å². The molecule has 10 heteroatoms. The quantitative estimate of drug-likeness (QED) is 0.767. The summed E-state index contributed by atoms with van der Waals surface area (Å²) in [5, 5.41) is 10.3. The van der Waals surface area contributed by atoms with E-state index in [-0.39, 0.29) is 12.2 Å². The van der Waals surface area contributed by atoms with Crippen LogP contribution in [0, 0.1) is 6.92 Å². The molecular weight excluding hydrogens is 386 g/mol. The van der Waals surface area contributed by atoms with Gasteiger partial charge in [-0.2, -0.15) is 15.1 Å². The van der Waals surface area contributed by atoms with Crippen molar-refractivity contribution >= 4 is 23.5 Å². The van der Waals surface area contributed by atoms with Crippen molar-refractivity contribution < 1.29 is 14.3 Å². The van der Waals surface area contributed by atoms with Gasteiger partial charge in [-0.25, -0.2) is 4.79 Å². The lowest BCUT2D eigenvalue weighted by atomic mass is 10.2. The molecule has 0 radical (unpaired) electrons. The molecule has 2 aliphatic heterocycles. The van der Waals surface area contributed by atoms with Gasteiger partial charge in [-0.15, -0.1) is 0 Å². The van der Waals surface area contributed by atoms with Crippen LogP contribution in [0.15, 0.2) is 12.1 Å². The van der Waals surface area contributed by atoms with Crippen LogP contribution >= 0.6 is 0 Å². The van der Waals surface area contributed by atoms with E-state index in [1.165, 1.54) is 0 Å². The summed E-state index contributed by atoms with van der Waals surface area (Å²) < 4.78 is 11.5. The molecule has 0 bridgehead atoms. The molecule has 1 amide bonds. The topological polar surface area (TPSA) is 109 Å². The van der Waals surface area contributed by atoms with Crippen LogP contribution < -0.4 is 15.0 Å². The molecule has 162 valence electrons. The number of rotatable bonds is 5. The van der Waals surface area contributed by atoms with Crippen molar-refractivity contribution in [2.75, 3.05) is 36.4 Å². The lowest BCUT2D eigenvalue weighted by molar-refractivity contribution is 0.0274. The summed E-state index contributed by atoms with van der Waals surface area (Å²) in [4.78, 5) is 25.3. The molecule has 0 saturated carbocycles. The van der Waals surface area contributed by atoms with Crippen LogP contribution in [0.5, 0.6) is 6.01 Å². The Morgan fingerprint density at radius 1 is 1.23 bits per heavy atom. The van der Waals surface area contributed by atoms with E-state index in [2.05, 4.69) is 30.4 Å². The fourth-order valence-corrected chi connectivity index (χ4v) is 3.33. The number of aromatic nitrogens is 4. The van der Waals surface area contributed by atoms with Gasteiger partial charge < -0.3 is 24.6 Å². The van der Waals surface area contributed by atoms with E-state index in [1.54, 1.807) is 4.90 Å². The number of hydrogen-bond donors (Lipinski definition) is 2. The average Bonchev–Trinajstić information content (AvgIpc) is 3.21. The van der Waals surface area contributed by atoms with Gasteiger partial charge in [0.2, 0.25) is 0 Å². The summed E-state index contributed by atoms with van der Waals surface area (Å²) >= 11 is 0. The Kier molecular flexibility index (Phi) is 5.40. The second-order valence-corrected chi connectivity index (χ2v) is 8.74. The first kappa shape index (κ1) is 20.2. The van der Waals surface area contributed by atoms with E-state index in [1.807, 2.05) is 39.8 Å². The number of nitrogens with one attached hydrogen (secondary N) is 2. The smallest absolute Gasteiger partial charge is 0.410 e. The molecule has 2 aromatic rings. The highest BCUT2D eigenvalue weighted by molar-refractivity contribution is 5.68. The van der Waals surface area contributed by atoms with Crippen molar-refractivity contribution in [3.8, 4) is 6.01 Å². The third-order valence-corrected chi connectivity index (χ3v) is 4.91. The van der Waals surface area contributed by atoms with Gasteiger partial charge in [0.1, 0.15) is 29.2 Å². The van der Waals surface area contributed by atoms with Crippen molar-refractivity contribution in [1.82, 2.24) is 25.1 Å².